The number of hydrogen-bond acceptors (Lipinski definition) is 4. The molecular weight excluding hydrogens is 421 g/mol. The van der Waals surface area contributed by atoms with Gasteiger partial charge in [-0.2, -0.15) is 0 Å². The molecule has 5 nitrogen and oxygen atoms in total. The first-order chi connectivity index (χ1) is 15.9. The van der Waals surface area contributed by atoms with Gasteiger partial charge in [0.05, 0.1) is 18.2 Å². The Balaban J connectivity index is 1.86. The molecule has 33 heavy (non-hydrogen) atoms. The van der Waals surface area contributed by atoms with Crippen LogP contribution in [0.3, 0.4) is 0 Å². The van der Waals surface area contributed by atoms with Crippen molar-refractivity contribution in [2.75, 3.05) is 11.5 Å². The second kappa shape index (κ2) is 9.28. The third-order valence-corrected chi connectivity index (χ3v) is 5.56. The van der Waals surface area contributed by atoms with Gasteiger partial charge in [0.1, 0.15) is 17.3 Å². The van der Waals surface area contributed by atoms with Crippen LogP contribution in [-0.2, 0) is 9.59 Å². The van der Waals surface area contributed by atoms with Crippen LogP contribution >= 0.6 is 0 Å². The van der Waals surface area contributed by atoms with Crippen LogP contribution in [0.15, 0.2) is 78.4 Å². The molecule has 4 rings (SSSR count). The fourth-order valence-corrected chi connectivity index (χ4v) is 3.88. The number of aryl methyl sites for hydroxylation is 1. The Kier molecular flexibility index (Phi) is 6.27. The number of aliphatic hydroxyl groups excluding tert-OH is 1. The number of hydrogen-bond donors (Lipinski definition) is 1. The van der Waals surface area contributed by atoms with Crippen molar-refractivity contribution in [2.24, 2.45) is 0 Å². The molecule has 0 saturated carbocycles. The van der Waals surface area contributed by atoms with Gasteiger partial charge in [-0.25, -0.2) is 4.39 Å². The summed E-state index contributed by atoms with van der Waals surface area (Å²) in [4.78, 5) is 27.5. The van der Waals surface area contributed by atoms with Crippen molar-refractivity contribution in [1.82, 2.24) is 0 Å². The molecule has 1 fully saturated rings. The standard InChI is InChI=1S/C27H24FNO4/c1-3-16-33-20-14-10-18(11-15-20)25(30)23-24(21-6-4-5-7-22(21)28)29(27(32)26(23)31)19-12-8-17(2)9-13-19/h4-15,24,30H,3,16H2,1-2H3/b25-23-. The first kappa shape index (κ1) is 22.3. The lowest BCUT2D eigenvalue weighted by atomic mass is 9.94. The summed E-state index contributed by atoms with van der Waals surface area (Å²) in [6.07, 6.45) is 0.854. The Morgan fingerprint density at radius 3 is 2.30 bits per heavy atom. The Hall–Kier alpha value is -3.93. The Morgan fingerprint density at radius 1 is 1.00 bits per heavy atom. The van der Waals surface area contributed by atoms with Gasteiger partial charge < -0.3 is 9.84 Å². The van der Waals surface area contributed by atoms with E-state index in [-0.39, 0.29) is 16.9 Å². The van der Waals surface area contributed by atoms with Crippen LogP contribution in [0.4, 0.5) is 10.1 Å². The van der Waals surface area contributed by atoms with E-state index < -0.39 is 23.5 Å². The number of nitrogens with zero attached hydrogens (tertiary/aromatic N) is 1. The number of carbonyl (C=O) groups excluding carboxylic acids is 2. The van der Waals surface area contributed by atoms with Gasteiger partial charge in [-0.05, 0) is 55.8 Å². The summed E-state index contributed by atoms with van der Waals surface area (Å²) >= 11 is 0. The van der Waals surface area contributed by atoms with Crippen molar-refractivity contribution in [3.05, 3.63) is 101 Å². The molecule has 3 aromatic rings. The number of anilines is 1. The third-order valence-electron chi connectivity index (χ3n) is 5.56. The van der Waals surface area contributed by atoms with Crippen molar-refractivity contribution in [3.8, 4) is 5.75 Å². The quantitative estimate of drug-likeness (QED) is 0.307. The third kappa shape index (κ3) is 4.24. The predicted molar refractivity (Wildman–Crippen MR) is 125 cm³/mol. The highest BCUT2D eigenvalue weighted by Crippen LogP contribution is 2.43. The second-order valence-corrected chi connectivity index (χ2v) is 7.90. The average molecular weight is 445 g/mol. The number of halogens is 1. The lowest BCUT2D eigenvalue weighted by Crippen LogP contribution is -2.29. The number of Topliss-reactive ketones (excluding diaryl/α,β-unsaturated/α-hetero) is 1. The van der Waals surface area contributed by atoms with Crippen LogP contribution in [0.2, 0.25) is 0 Å². The van der Waals surface area contributed by atoms with Crippen LogP contribution in [-0.4, -0.2) is 23.4 Å². The molecule has 6 heteroatoms. The number of rotatable bonds is 6. The molecule has 168 valence electrons. The maximum atomic E-state index is 14.9. The monoisotopic (exact) mass is 445 g/mol. The van der Waals surface area contributed by atoms with Crippen LogP contribution in [0.25, 0.3) is 5.76 Å². The molecule has 1 atom stereocenters. The predicted octanol–water partition coefficient (Wildman–Crippen LogP) is 5.55. The number of ether oxygens (including phenoxy) is 1. The highest BCUT2D eigenvalue weighted by molar-refractivity contribution is 6.51. The average Bonchev–Trinajstić information content (AvgIpc) is 3.09. The van der Waals surface area contributed by atoms with E-state index >= 15 is 0 Å². The first-order valence-corrected chi connectivity index (χ1v) is 10.8. The molecule has 1 heterocycles. The van der Waals surface area contributed by atoms with E-state index in [0.717, 1.165) is 12.0 Å². The van der Waals surface area contributed by atoms with Gasteiger partial charge in [-0.1, -0.05) is 42.8 Å². The summed E-state index contributed by atoms with van der Waals surface area (Å²) in [6, 6.07) is 18.4. The van der Waals surface area contributed by atoms with E-state index in [9.17, 15) is 19.1 Å². The normalized spacial score (nSPS) is 17.4. The molecule has 0 spiro atoms. The zero-order valence-electron chi connectivity index (χ0n) is 18.4. The molecule has 0 bridgehead atoms. The largest absolute Gasteiger partial charge is 0.507 e. The van der Waals surface area contributed by atoms with Gasteiger partial charge in [-0.3, -0.25) is 14.5 Å². The molecule has 1 unspecified atom stereocenters. The summed E-state index contributed by atoms with van der Waals surface area (Å²) in [5, 5.41) is 11.1. The SMILES string of the molecule is CCCOc1ccc(/C(O)=C2/C(=O)C(=O)N(c3ccc(C)cc3)C2c2ccccc2F)cc1. The number of ketones is 1. The van der Waals surface area contributed by atoms with E-state index in [4.69, 9.17) is 4.74 Å². The molecule has 1 aliphatic heterocycles. The van der Waals surface area contributed by atoms with E-state index in [1.54, 1.807) is 42.5 Å². The number of carbonyl (C=O) groups is 2. The summed E-state index contributed by atoms with van der Waals surface area (Å²) < 4.78 is 20.5. The van der Waals surface area contributed by atoms with Crippen LogP contribution in [0.5, 0.6) is 5.75 Å². The first-order valence-electron chi connectivity index (χ1n) is 10.8. The minimum atomic E-state index is -1.11. The smallest absolute Gasteiger partial charge is 0.300 e. The van der Waals surface area contributed by atoms with Gasteiger partial charge in [0.25, 0.3) is 11.7 Å². The zero-order valence-corrected chi connectivity index (χ0v) is 18.4. The van der Waals surface area contributed by atoms with Crippen molar-refractivity contribution in [2.45, 2.75) is 26.3 Å². The van der Waals surface area contributed by atoms with Gasteiger partial charge in [0.2, 0.25) is 0 Å². The fraction of sp³-hybridized carbons (Fsp3) is 0.185. The number of aliphatic hydroxyl groups is 1. The molecule has 3 aromatic carbocycles. The minimum Gasteiger partial charge on any atom is -0.507 e. The van der Waals surface area contributed by atoms with Crippen LogP contribution < -0.4 is 9.64 Å². The molecule has 1 aliphatic rings. The van der Waals surface area contributed by atoms with Crippen LogP contribution in [0.1, 0.15) is 36.1 Å². The van der Waals surface area contributed by atoms with Crippen molar-refractivity contribution < 1.29 is 23.8 Å². The molecule has 1 N–H and O–H groups in total. The minimum absolute atomic E-state index is 0.127. The van der Waals surface area contributed by atoms with Crippen molar-refractivity contribution >= 4 is 23.1 Å². The number of amides is 1. The van der Waals surface area contributed by atoms with Crippen molar-refractivity contribution in [3.63, 3.8) is 0 Å². The number of benzene rings is 3. The lowest BCUT2D eigenvalue weighted by molar-refractivity contribution is -0.132. The van der Waals surface area contributed by atoms with Crippen molar-refractivity contribution in [1.29, 1.82) is 0 Å². The van der Waals surface area contributed by atoms with Gasteiger partial charge >= 0.3 is 0 Å². The lowest BCUT2D eigenvalue weighted by Gasteiger charge is -2.25. The molecule has 1 amide bonds. The molecular formula is C27H24FNO4. The zero-order chi connectivity index (χ0) is 23.5. The Labute approximate surface area is 191 Å². The summed E-state index contributed by atoms with van der Waals surface area (Å²) in [7, 11) is 0. The molecule has 0 aliphatic carbocycles. The molecule has 0 radical (unpaired) electrons. The van der Waals surface area contributed by atoms with E-state index in [1.165, 1.54) is 23.1 Å². The Bertz CT molecular complexity index is 1220. The summed E-state index contributed by atoms with van der Waals surface area (Å²) in [5.74, 6) is -2.00. The topological polar surface area (TPSA) is 66.8 Å². The molecule has 1 saturated heterocycles. The molecule has 0 aromatic heterocycles. The van der Waals surface area contributed by atoms with Crippen LogP contribution in [0, 0.1) is 12.7 Å². The van der Waals surface area contributed by atoms with E-state index in [0.29, 0.717) is 23.6 Å². The maximum absolute atomic E-state index is 14.9. The van der Waals surface area contributed by atoms with E-state index in [1.807, 2.05) is 26.0 Å². The fourth-order valence-electron chi connectivity index (χ4n) is 3.88. The second-order valence-electron chi connectivity index (χ2n) is 7.90. The van der Waals surface area contributed by atoms with E-state index in [2.05, 4.69) is 0 Å². The summed E-state index contributed by atoms with van der Waals surface area (Å²) in [5.41, 5.74) is 1.72. The Morgan fingerprint density at radius 2 is 1.67 bits per heavy atom. The van der Waals surface area contributed by atoms with Gasteiger partial charge in [0, 0.05) is 16.8 Å². The highest BCUT2D eigenvalue weighted by Gasteiger charge is 2.47. The van der Waals surface area contributed by atoms with Gasteiger partial charge in [-0.15, -0.1) is 0 Å². The van der Waals surface area contributed by atoms with Gasteiger partial charge in [0.15, 0.2) is 0 Å². The highest BCUT2D eigenvalue weighted by atomic mass is 19.1. The summed E-state index contributed by atoms with van der Waals surface area (Å²) in [6.45, 7) is 4.45. The maximum Gasteiger partial charge on any atom is 0.300 e.